The Morgan fingerprint density at radius 2 is 1.52 bits per heavy atom. The van der Waals surface area contributed by atoms with Crippen molar-refractivity contribution in [1.82, 2.24) is 18.8 Å². The molecule has 3 saturated heterocycles. The van der Waals surface area contributed by atoms with E-state index in [1.807, 2.05) is 0 Å². The topological polar surface area (TPSA) is 73.0 Å². The van der Waals surface area contributed by atoms with Gasteiger partial charge in [0.1, 0.15) is 0 Å². The standard InChI is InChI=1S/C25H40N4O3S/c30-25(24-11-19-29(20-12-24)33(31,32)28-15-4-5-16-28)26-13-6-14-27-17-9-23(10-18-27)21-22-7-2-1-3-8-22/h1-3,7-8,23-24H,4-6,9-21H2,(H,26,30). The summed E-state index contributed by atoms with van der Waals surface area (Å²) in [6.45, 7) is 6.20. The van der Waals surface area contributed by atoms with Crippen molar-refractivity contribution in [2.45, 2.75) is 51.4 Å². The van der Waals surface area contributed by atoms with Crippen LogP contribution >= 0.6 is 0 Å². The third-order valence-corrected chi connectivity index (χ3v) is 9.60. The van der Waals surface area contributed by atoms with Crippen molar-refractivity contribution in [1.29, 1.82) is 0 Å². The van der Waals surface area contributed by atoms with E-state index in [4.69, 9.17) is 0 Å². The first-order chi connectivity index (χ1) is 16.0. The predicted molar refractivity (Wildman–Crippen MR) is 131 cm³/mol. The van der Waals surface area contributed by atoms with Crippen molar-refractivity contribution in [3.8, 4) is 0 Å². The number of amides is 1. The number of carbonyl (C=O) groups is 1. The third-order valence-electron chi connectivity index (χ3n) is 7.57. The van der Waals surface area contributed by atoms with Crippen molar-refractivity contribution < 1.29 is 13.2 Å². The molecule has 0 bridgehead atoms. The number of likely N-dealkylation sites (tertiary alicyclic amines) is 1. The minimum absolute atomic E-state index is 0.0660. The molecule has 0 radical (unpaired) electrons. The average molecular weight is 477 g/mol. The van der Waals surface area contributed by atoms with E-state index in [0.29, 0.717) is 45.6 Å². The van der Waals surface area contributed by atoms with E-state index in [2.05, 4.69) is 40.5 Å². The Labute approximate surface area is 199 Å². The molecule has 7 nitrogen and oxygen atoms in total. The second kappa shape index (κ2) is 11.8. The van der Waals surface area contributed by atoms with Crippen LogP contribution in [0.3, 0.4) is 0 Å². The van der Waals surface area contributed by atoms with E-state index < -0.39 is 10.2 Å². The number of nitrogens with one attached hydrogen (secondary N) is 1. The van der Waals surface area contributed by atoms with Crippen LogP contribution in [0.4, 0.5) is 0 Å². The molecule has 1 amide bonds. The summed E-state index contributed by atoms with van der Waals surface area (Å²) in [7, 11) is -3.34. The molecule has 0 aliphatic carbocycles. The summed E-state index contributed by atoms with van der Waals surface area (Å²) >= 11 is 0. The first-order valence-electron chi connectivity index (χ1n) is 12.8. The van der Waals surface area contributed by atoms with E-state index in [1.165, 1.54) is 24.8 Å². The van der Waals surface area contributed by atoms with Crippen molar-refractivity contribution in [3.05, 3.63) is 35.9 Å². The monoisotopic (exact) mass is 476 g/mol. The predicted octanol–water partition coefficient (Wildman–Crippen LogP) is 2.50. The van der Waals surface area contributed by atoms with E-state index in [0.717, 1.165) is 44.8 Å². The molecule has 1 aromatic carbocycles. The molecule has 1 aromatic rings. The van der Waals surface area contributed by atoms with Gasteiger partial charge < -0.3 is 10.2 Å². The number of hydrogen-bond acceptors (Lipinski definition) is 4. The lowest BCUT2D eigenvalue weighted by atomic mass is 9.90. The second-order valence-electron chi connectivity index (χ2n) is 9.91. The van der Waals surface area contributed by atoms with Crippen LogP contribution in [0.25, 0.3) is 0 Å². The van der Waals surface area contributed by atoms with Crippen LogP contribution in [0.5, 0.6) is 0 Å². The molecule has 3 aliphatic heterocycles. The minimum atomic E-state index is -3.34. The summed E-state index contributed by atoms with van der Waals surface area (Å²) in [5.74, 6) is 0.807. The third kappa shape index (κ3) is 6.78. The number of carbonyl (C=O) groups excluding carboxylic acids is 1. The van der Waals surface area contributed by atoms with Crippen LogP contribution in [0.1, 0.15) is 50.5 Å². The molecule has 3 aliphatic rings. The lowest BCUT2D eigenvalue weighted by molar-refractivity contribution is -0.126. The van der Waals surface area contributed by atoms with Gasteiger partial charge in [0.2, 0.25) is 5.91 Å². The SMILES string of the molecule is O=C(NCCCN1CCC(Cc2ccccc2)CC1)C1CCN(S(=O)(=O)N2CCCC2)CC1. The summed E-state index contributed by atoms with van der Waals surface area (Å²) in [6.07, 6.45) is 7.79. The average Bonchev–Trinajstić information content (AvgIpc) is 3.40. The minimum Gasteiger partial charge on any atom is -0.356 e. The Morgan fingerprint density at radius 1 is 0.879 bits per heavy atom. The Bertz CT molecular complexity index is 842. The van der Waals surface area contributed by atoms with Crippen LogP contribution in [0.2, 0.25) is 0 Å². The Hall–Kier alpha value is -1.48. The van der Waals surface area contributed by atoms with E-state index >= 15 is 0 Å². The maximum atomic E-state index is 12.7. The van der Waals surface area contributed by atoms with Crippen molar-refractivity contribution in [3.63, 3.8) is 0 Å². The lowest BCUT2D eigenvalue weighted by Crippen LogP contribution is -2.48. The molecule has 0 aromatic heterocycles. The fraction of sp³-hybridized carbons (Fsp3) is 0.720. The molecular weight excluding hydrogens is 436 g/mol. The molecule has 184 valence electrons. The highest BCUT2D eigenvalue weighted by molar-refractivity contribution is 7.86. The molecule has 1 N–H and O–H groups in total. The van der Waals surface area contributed by atoms with E-state index in [1.54, 1.807) is 8.61 Å². The lowest BCUT2D eigenvalue weighted by Gasteiger charge is -2.33. The van der Waals surface area contributed by atoms with Gasteiger partial charge in [-0.05, 0) is 82.5 Å². The zero-order chi connectivity index (χ0) is 23.1. The van der Waals surface area contributed by atoms with Crippen LogP contribution in [-0.2, 0) is 21.4 Å². The van der Waals surface area contributed by atoms with Crippen molar-refractivity contribution in [2.24, 2.45) is 11.8 Å². The van der Waals surface area contributed by atoms with Gasteiger partial charge in [-0.2, -0.15) is 17.0 Å². The fourth-order valence-electron chi connectivity index (χ4n) is 5.45. The smallest absolute Gasteiger partial charge is 0.281 e. The molecule has 8 heteroatoms. The molecule has 4 rings (SSSR count). The van der Waals surface area contributed by atoms with Crippen LogP contribution in [0.15, 0.2) is 30.3 Å². The summed E-state index contributed by atoms with van der Waals surface area (Å²) in [5.41, 5.74) is 1.44. The largest absolute Gasteiger partial charge is 0.356 e. The maximum absolute atomic E-state index is 12.7. The summed E-state index contributed by atoms with van der Waals surface area (Å²) in [5, 5.41) is 3.10. The van der Waals surface area contributed by atoms with Gasteiger partial charge in [0.15, 0.2) is 0 Å². The molecule has 3 heterocycles. The molecule has 33 heavy (non-hydrogen) atoms. The molecule has 3 fully saturated rings. The number of hydrogen-bond donors (Lipinski definition) is 1. The van der Waals surface area contributed by atoms with Gasteiger partial charge in [0.05, 0.1) is 0 Å². The Balaban J connectivity index is 1.08. The molecule has 0 unspecified atom stereocenters. The number of nitrogens with zero attached hydrogens (tertiary/aromatic N) is 3. The zero-order valence-electron chi connectivity index (χ0n) is 19.8. The van der Waals surface area contributed by atoms with E-state index in [9.17, 15) is 13.2 Å². The van der Waals surface area contributed by atoms with Gasteiger partial charge in [-0.15, -0.1) is 0 Å². The molecule has 0 spiro atoms. The van der Waals surface area contributed by atoms with E-state index in [-0.39, 0.29) is 11.8 Å². The maximum Gasteiger partial charge on any atom is 0.281 e. The molecular formula is C25H40N4O3S. The fourth-order valence-corrected chi connectivity index (χ4v) is 7.17. The number of rotatable bonds is 9. The van der Waals surface area contributed by atoms with Crippen LogP contribution < -0.4 is 5.32 Å². The van der Waals surface area contributed by atoms with Crippen molar-refractivity contribution in [2.75, 3.05) is 52.4 Å². The Morgan fingerprint density at radius 3 is 2.18 bits per heavy atom. The van der Waals surface area contributed by atoms with Gasteiger partial charge in [-0.1, -0.05) is 30.3 Å². The van der Waals surface area contributed by atoms with Gasteiger partial charge in [0, 0.05) is 38.6 Å². The molecule has 0 atom stereocenters. The normalized spacial score (nSPS) is 22.5. The number of piperidine rings is 2. The Kier molecular flexibility index (Phi) is 8.79. The van der Waals surface area contributed by atoms with Gasteiger partial charge in [-0.25, -0.2) is 0 Å². The zero-order valence-corrected chi connectivity index (χ0v) is 20.6. The molecule has 0 saturated carbocycles. The first kappa shape index (κ1) is 24.6. The van der Waals surface area contributed by atoms with Crippen LogP contribution in [0, 0.1) is 11.8 Å². The van der Waals surface area contributed by atoms with Gasteiger partial charge in [0.25, 0.3) is 10.2 Å². The second-order valence-corrected chi connectivity index (χ2v) is 11.8. The number of benzene rings is 1. The highest BCUT2D eigenvalue weighted by atomic mass is 32.2. The van der Waals surface area contributed by atoms with Gasteiger partial charge in [-0.3, -0.25) is 4.79 Å². The first-order valence-corrected chi connectivity index (χ1v) is 14.2. The van der Waals surface area contributed by atoms with Gasteiger partial charge >= 0.3 is 0 Å². The quantitative estimate of drug-likeness (QED) is 0.556. The van der Waals surface area contributed by atoms with Crippen molar-refractivity contribution >= 4 is 16.1 Å². The highest BCUT2D eigenvalue weighted by Crippen LogP contribution is 2.24. The summed E-state index contributed by atoms with van der Waals surface area (Å²) < 4.78 is 28.5. The van der Waals surface area contributed by atoms with Crippen LogP contribution in [-0.4, -0.2) is 80.2 Å². The summed E-state index contributed by atoms with van der Waals surface area (Å²) in [6, 6.07) is 10.8. The summed E-state index contributed by atoms with van der Waals surface area (Å²) in [4.78, 5) is 15.1. The highest BCUT2D eigenvalue weighted by Gasteiger charge is 2.35.